The Hall–Kier alpha value is -0.870. The molecule has 1 aromatic carbocycles. The number of nitrogens with two attached hydrogens (primary N) is 1. The van der Waals surface area contributed by atoms with Gasteiger partial charge in [0, 0.05) is 6.04 Å². The Labute approximate surface area is 110 Å². The van der Waals surface area contributed by atoms with E-state index in [1.54, 1.807) is 0 Å². The largest absolute Gasteiger partial charge is 0.323 e. The molecule has 0 fully saturated rings. The Bertz CT molecular complexity index is 463. The van der Waals surface area contributed by atoms with E-state index in [2.05, 4.69) is 0 Å². The van der Waals surface area contributed by atoms with Gasteiger partial charge >= 0.3 is 0 Å². The molecule has 4 heteroatoms. The average Bonchev–Trinajstić information content (AvgIpc) is 2.27. The Morgan fingerprint density at radius 3 is 2.22 bits per heavy atom. The lowest BCUT2D eigenvalue weighted by Gasteiger charge is -2.13. The van der Waals surface area contributed by atoms with Gasteiger partial charge in [-0.05, 0) is 24.8 Å². The standard InChI is InChI=1S/C14H23NO2S/c1-11(2)8-9-18(16,17)10-14(15)13-6-4-12(3)5-7-13/h4-7,11,14H,8-10,15H2,1-3H3. The van der Waals surface area contributed by atoms with Gasteiger partial charge in [-0.2, -0.15) is 0 Å². The number of benzene rings is 1. The highest BCUT2D eigenvalue weighted by Crippen LogP contribution is 2.15. The van der Waals surface area contributed by atoms with Crippen molar-refractivity contribution in [2.45, 2.75) is 33.2 Å². The molecular formula is C14H23NO2S. The van der Waals surface area contributed by atoms with Gasteiger partial charge in [-0.1, -0.05) is 43.7 Å². The Morgan fingerprint density at radius 2 is 1.72 bits per heavy atom. The van der Waals surface area contributed by atoms with Crippen LogP contribution < -0.4 is 5.73 Å². The SMILES string of the molecule is Cc1ccc(C(N)CS(=O)(=O)CCC(C)C)cc1. The molecule has 0 aromatic heterocycles. The van der Waals surface area contributed by atoms with Crippen molar-refractivity contribution in [2.75, 3.05) is 11.5 Å². The summed E-state index contributed by atoms with van der Waals surface area (Å²) in [7, 11) is -3.06. The van der Waals surface area contributed by atoms with Crippen LogP contribution in [0.25, 0.3) is 0 Å². The number of sulfone groups is 1. The van der Waals surface area contributed by atoms with Crippen LogP contribution in [0.2, 0.25) is 0 Å². The zero-order chi connectivity index (χ0) is 13.8. The molecule has 0 saturated carbocycles. The molecule has 0 aliphatic heterocycles. The lowest BCUT2D eigenvalue weighted by molar-refractivity contribution is 0.568. The van der Waals surface area contributed by atoms with Crippen molar-refractivity contribution in [1.82, 2.24) is 0 Å². The van der Waals surface area contributed by atoms with Crippen LogP contribution in [0, 0.1) is 12.8 Å². The van der Waals surface area contributed by atoms with Crippen molar-refractivity contribution >= 4 is 9.84 Å². The second kappa shape index (κ2) is 6.34. The molecule has 3 nitrogen and oxygen atoms in total. The van der Waals surface area contributed by atoms with Gasteiger partial charge in [0.1, 0.15) is 0 Å². The highest BCUT2D eigenvalue weighted by molar-refractivity contribution is 7.91. The van der Waals surface area contributed by atoms with Crippen LogP contribution in [0.15, 0.2) is 24.3 Å². The summed E-state index contributed by atoms with van der Waals surface area (Å²) in [6.07, 6.45) is 0.697. The fourth-order valence-electron chi connectivity index (χ4n) is 1.68. The molecule has 0 aliphatic carbocycles. The fourth-order valence-corrected chi connectivity index (χ4v) is 3.42. The molecule has 1 rings (SSSR count). The second-order valence-electron chi connectivity index (χ2n) is 5.31. The predicted octanol–water partition coefficient (Wildman–Crippen LogP) is 2.46. The molecule has 0 aliphatic rings. The van der Waals surface area contributed by atoms with Crippen LogP contribution in [0.4, 0.5) is 0 Å². The predicted molar refractivity (Wildman–Crippen MR) is 76.2 cm³/mol. The van der Waals surface area contributed by atoms with Gasteiger partial charge in [0.05, 0.1) is 11.5 Å². The van der Waals surface area contributed by atoms with Crippen molar-refractivity contribution in [3.63, 3.8) is 0 Å². The maximum atomic E-state index is 11.9. The smallest absolute Gasteiger partial charge is 0.152 e. The molecule has 18 heavy (non-hydrogen) atoms. The lowest BCUT2D eigenvalue weighted by Crippen LogP contribution is -2.24. The number of hydrogen-bond donors (Lipinski definition) is 1. The zero-order valence-electron chi connectivity index (χ0n) is 11.4. The van der Waals surface area contributed by atoms with Crippen molar-refractivity contribution in [1.29, 1.82) is 0 Å². The van der Waals surface area contributed by atoms with Gasteiger partial charge in [0.25, 0.3) is 0 Å². The summed E-state index contributed by atoms with van der Waals surface area (Å²) >= 11 is 0. The number of aryl methyl sites for hydroxylation is 1. The summed E-state index contributed by atoms with van der Waals surface area (Å²) in [4.78, 5) is 0. The minimum absolute atomic E-state index is 0.0305. The minimum Gasteiger partial charge on any atom is -0.323 e. The first kappa shape index (κ1) is 15.2. The summed E-state index contributed by atoms with van der Waals surface area (Å²) in [6.45, 7) is 6.04. The van der Waals surface area contributed by atoms with E-state index in [0.717, 1.165) is 11.1 Å². The summed E-state index contributed by atoms with van der Waals surface area (Å²) in [5, 5.41) is 0. The van der Waals surface area contributed by atoms with Crippen molar-refractivity contribution < 1.29 is 8.42 Å². The van der Waals surface area contributed by atoms with E-state index in [1.807, 2.05) is 45.0 Å². The normalized spacial score (nSPS) is 13.8. The van der Waals surface area contributed by atoms with Crippen LogP contribution in [0.5, 0.6) is 0 Å². The molecule has 1 unspecified atom stereocenters. The second-order valence-corrected chi connectivity index (χ2v) is 7.54. The lowest BCUT2D eigenvalue weighted by atomic mass is 10.1. The zero-order valence-corrected chi connectivity index (χ0v) is 12.2. The topological polar surface area (TPSA) is 60.2 Å². The third kappa shape index (κ3) is 5.19. The van der Waals surface area contributed by atoms with E-state index in [-0.39, 0.29) is 11.5 Å². The van der Waals surface area contributed by atoms with Crippen LogP contribution in [0.3, 0.4) is 0 Å². The Kier molecular flexibility index (Phi) is 5.35. The van der Waals surface area contributed by atoms with E-state index in [4.69, 9.17) is 5.73 Å². The molecule has 0 radical (unpaired) electrons. The maximum Gasteiger partial charge on any atom is 0.152 e. The van der Waals surface area contributed by atoms with Gasteiger partial charge in [-0.3, -0.25) is 0 Å². The first-order valence-corrected chi connectivity index (χ1v) is 8.15. The summed E-state index contributed by atoms with van der Waals surface area (Å²) < 4.78 is 23.8. The summed E-state index contributed by atoms with van der Waals surface area (Å²) in [6, 6.07) is 7.28. The average molecular weight is 269 g/mol. The van der Waals surface area contributed by atoms with E-state index < -0.39 is 15.9 Å². The third-order valence-corrected chi connectivity index (χ3v) is 4.67. The molecular weight excluding hydrogens is 246 g/mol. The maximum absolute atomic E-state index is 11.9. The van der Waals surface area contributed by atoms with Gasteiger partial charge in [0.2, 0.25) is 0 Å². The van der Waals surface area contributed by atoms with Gasteiger partial charge < -0.3 is 5.73 Å². The summed E-state index contributed by atoms with van der Waals surface area (Å²) in [5.41, 5.74) is 7.99. The van der Waals surface area contributed by atoms with Crippen LogP contribution in [-0.4, -0.2) is 19.9 Å². The molecule has 0 spiro atoms. The van der Waals surface area contributed by atoms with Crippen LogP contribution >= 0.6 is 0 Å². The highest BCUT2D eigenvalue weighted by atomic mass is 32.2. The molecule has 0 saturated heterocycles. The van der Waals surface area contributed by atoms with E-state index in [9.17, 15) is 8.42 Å². The van der Waals surface area contributed by atoms with Crippen molar-refractivity contribution in [3.8, 4) is 0 Å². The Morgan fingerprint density at radius 1 is 1.17 bits per heavy atom. The summed E-state index contributed by atoms with van der Waals surface area (Å²) in [5.74, 6) is 0.655. The monoisotopic (exact) mass is 269 g/mol. The molecule has 0 bridgehead atoms. The number of hydrogen-bond acceptors (Lipinski definition) is 3. The Balaban J connectivity index is 2.63. The van der Waals surface area contributed by atoms with E-state index >= 15 is 0 Å². The van der Waals surface area contributed by atoms with E-state index in [1.165, 1.54) is 0 Å². The molecule has 102 valence electrons. The highest BCUT2D eigenvalue weighted by Gasteiger charge is 2.17. The van der Waals surface area contributed by atoms with Gasteiger partial charge in [-0.15, -0.1) is 0 Å². The van der Waals surface area contributed by atoms with Crippen molar-refractivity contribution in [3.05, 3.63) is 35.4 Å². The minimum atomic E-state index is -3.06. The molecule has 0 heterocycles. The first-order valence-electron chi connectivity index (χ1n) is 6.33. The third-order valence-electron chi connectivity index (χ3n) is 2.95. The molecule has 2 N–H and O–H groups in total. The van der Waals surface area contributed by atoms with Crippen LogP contribution in [-0.2, 0) is 9.84 Å². The van der Waals surface area contributed by atoms with Gasteiger partial charge in [-0.25, -0.2) is 8.42 Å². The van der Waals surface area contributed by atoms with Gasteiger partial charge in [0.15, 0.2) is 9.84 Å². The molecule has 0 amide bonds. The quantitative estimate of drug-likeness (QED) is 0.863. The first-order chi connectivity index (χ1) is 8.30. The molecule has 1 aromatic rings. The number of rotatable bonds is 6. The van der Waals surface area contributed by atoms with Crippen LogP contribution in [0.1, 0.15) is 37.4 Å². The van der Waals surface area contributed by atoms with E-state index in [0.29, 0.717) is 12.3 Å². The molecule has 1 atom stereocenters. The fraction of sp³-hybridized carbons (Fsp3) is 0.571. The van der Waals surface area contributed by atoms with Crippen molar-refractivity contribution in [2.24, 2.45) is 11.7 Å².